The van der Waals surface area contributed by atoms with E-state index in [4.69, 9.17) is 5.73 Å². The highest BCUT2D eigenvalue weighted by Gasteiger charge is 2.23. The van der Waals surface area contributed by atoms with Gasteiger partial charge >= 0.3 is 0 Å². The summed E-state index contributed by atoms with van der Waals surface area (Å²) >= 11 is 0. The van der Waals surface area contributed by atoms with Crippen LogP contribution in [0.15, 0.2) is 0 Å². The van der Waals surface area contributed by atoms with Gasteiger partial charge in [0, 0.05) is 38.6 Å². The first-order valence-electron chi connectivity index (χ1n) is 6.48. The average molecular weight is 256 g/mol. The van der Waals surface area contributed by atoms with E-state index in [0.717, 1.165) is 26.1 Å². The molecule has 1 unspecified atom stereocenters. The largest absolute Gasteiger partial charge is 0.369 e. The number of carbonyl (C=O) groups excluding carboxylic acids is 2. The minimum atomic E-state index is -0.307. The van der Waals surface area contributed by atoms with Crippen LogP contribution in [-0.2, 0) is 9.59 Å². The molecule has 1 atom stereocenters. The molecule has 0 aromatic carbocycles. The molecule has 0 bridgehead atoms. The zero-order chi connectivity index (χ0) is 13.5. The number of hydrogen-bond donors (Lipinski definition) is 2. The van der Waals surface area contributed by atoms with Gasteiger partial charge in [-0.1, -0.05) is 6.92 Å². The summed E-state index contributed by atoms with van der Waals surface area (Å²) in [5, 5.41) is 3.02. The average Bonchev–Trinajstić information content (AvgIpc) is 2.53. The second-order valence-electron chi connectivity index (χ2n) is 4.88. The van der Waals surface area contributed by atoms with E-state index in [0.29, 0.717) is 13.1 Å². The summed E-state index contributed by atoms with van der Waals surface area (Å²) in [6.45, 7) is 5.91. The molecule has 0 aromatic rings. The quantitative estimate of drug-likeness (QED) is 0.652. The summed E-state index contributed by atoms with van der Waals surface area (Å²) in [6.07, 6.45) is 0.894. The Kier molecular flexibility index (Phi) is 6.07. The molecule has 0 radical (unpaired) electrons. The first-order chi connectivity index (χ1) is 8.54. The Morgan fingerprint density at radius 3 is 2.61 bits per heavy atom. The van der Waals surface area contributed by atoms with Crippen LogP contribution in [0.3, 0.4) is 0 Å². The molecule has 1 saturated heterocycles. The number of rotatable bonds is 5. The number of nitrogens with one attached hydrogen (secondary N) is 1. The van der Waals surface area contributed by atoms with Gasteiger partial charge in [0.15, 0.2) is 0 Å². The fourth-order valence-corrected chi connectivity index (χ4v) is 2.27. The highest BCUT2D eigenvalue weighted by Crippen LogP contribution is 2.07. The maximum absolute atomic E-state index is 12.1. The third-order valence-corrected chi connectivity index (χ3v) is 3.21. The van der Waals surface area contributed by atoms with Gasteiger partial charge in [-0.05, 0) is 13.5 Å². The lowest BCUT2D eigenvalue weighted by Crippen LogP contribution is -2.41. The van der Waals surface area contributed by atoms with E-state index < -0.39 is 0 Å². The molecule has 6 heteroatoms. The second kappa shape index (κ2) is 7.33. The molecular formula is C12H24N4O2. The highest BCUT2D eigenvalue weighted by atomic mass is 16.2. The Bertz CT molecular complexity index is 296. The predicted octanol–water partition coefficient (Wildman–Crippen LogP) is -1.14. The van der Waals surface area contributed by atoms with Crippen LogP contribution in [0.4, 0.5) is 0 Å². The Hall–Kier alpha value is -1.14. The van der Waals surface area contributed by atoms with Gasteiger partial charge in [-0.25, -0.2) is 0 Å². The van der Waals surface area contributed by atoms with Gasteiger partial charge in [0.2, 0.25) is 11.8 Å². The number of carbonyl (C=O) groups is 2. The van der Waals surface area contributed by atoms with Gasteiger partial charge in [-0.2, -0.15) is 0 Å². The van der Waals surface area contributed by atoms with Crippen molar-refractivity contribution in [2.75, 3.05) is 46.3 Å². The van der Waals surface area contributed by atoms with E-state index in [1.54, 1.807) is 0 Å². The molecule has 0 aromatic heterocycles. The maximum Gasteiger partial charge on any atom is 0.231 e. The van der Waals surface area contributed by atoms with Crippen LogP contribution in [0.25, 0.3) is 0 Å². The molecule has 0 aliphatic carbocycles. The molecule has 104 valence electrons. The second-order valence-corrected chi connectivity index (χ2v) is 4.88. The topological polar surface area (TPSA) is 78.7 Å². The fraction of sp³-hybridized carbons (Fsp3) is 0.833. The van der Waals surface area contributed by atoms with Gasteiger partial charge in [-0.15, -0.1) is 0 Å². The van der Waals surface area contributed by atoms with Crippen LogP contribution >= 0.6 is 0 Å². The lowest BCUT2D eigenvalue weighted by Gasteiger charge is -2.24. The zero-order valence-electron chi connectivity index (χ0n) is 11.3. The minimum absolute atomic E-state index is 0.00214. The highest BCUT2D eigenvalue weighted by molar-refractivity contribution is 5.79. The monoisotopic (exact) mass is 256 g/mol. The zero-order valence-corrected chi connectivity index (χ0v) is 11.3. The Labute approximate surface area is 108 Å². The number of nitrogens with two attached hydrogens (primary N) is 1. The van der Waals surface area contributed by atoms with Crippen molar-refractivity contribution in [2.45, 2.75) is 13.3 Å². The molecule has 3 N–H and O–H groups in total. The SMILES string of the molecule is CNCC(C)C(=O)N1CCCN(CC(N)=O)CC1. The predicted molar refractivity (Wildman–Crippen MR) is 69.9 cm³/mol. The third kappa shape index (κ3) is 4.62. The number of primary amides is 1. The number of nitrogens with zero attached hydrogens (tertiary/aromatic N) is 2. The molecule has 1 fully saturated rings. The van der Waals surface area contributed by atoms with Gasteiger partial charge in [0.05, 0.1) is 6.54 Å². The van der Waals surface area contributed by atoms with Gasteiger partial charge < -0.3 is 16.0 Å². The van der Waals surface area contributed by atoms with E-state index in [-0.39, 0.29) is 24.3 Å². The lowest BCUT2D eigenvalue weighted by molar-refractivity contribution is -0.134. The van der Waals surface area contributed by atoms with Crippen LogP contribution in [0.1, 0.15) is 13.3 Å². The minimum Gasteiger partial charge on any atom is -0.369 e. The molecule has 0 saturated carbocycles. The molecule has 2 amide bonds. The van der Waals surface area contributed by atoms with Gasteiger partial charge in [0.25, 0.3) is 0 Å². The first-order valence-corrected chi connectivity index (χ1v) is 6.48. The maximum atomic E-state index is 12.1. The molecule has 1 heterocycles. The van der Waals surface area contributed by atoms with Crippen LogP contribution in [0.2, 0.25) is 0 Å². The van der Waals surface area contributed by atoms with E-state index >= 15 is 0 Å². The molecule has 18 heavy (non-hydrogen) atoms. The molecular weight excluding hydrogens is 232 g/mol. The molecule has 1 aliphatic rings. The summed E-state index contributed by atoms with van der Waals surface area (Å²) in [4.78, 5) is 26.9. The molecule has 6 nitrogen and oxygen atoms in total. The third-order valence-electron chi connectivity index (χ3n) is 3.21. The molecule has 0 spiro atoms. The van der Waals surface area contributed by atoms with Crippen molar-refractivity contribution in [3.8, 4) is 0 Å². The normalized spacial score (nSPS) is 19.3. The van der Waals surface area contributed by atoms with Gasteiger partial charge in [0.1, 0.15) is 0 Å². The van der Waals surface area contributed by atoms with Crippen LogP contribution < -0.4 is 11.1 Å². The summed E-state index contributed by atoms with van der Waals surface area (Å²) in [5.41, 5.74) is 5.19. The van der Waals surface area contributed by atoms with Crippen molar-refractivity contribution in [1.82, 2.24) is 15.1 Å². The van der Waals surface area contributed by atoms with E-state index in [2.05, 4.69) is 5.32 Å². The number of amides is 2. The van der Waals surface area contributed by atoms with Crippen molar-refractivity contribution in [1.29, 1.82) is 0 Å². The van der Waals surface area contributed by atoms with Crippen LogP contribution in [0, 0.1) is 5.92 Å². The van der Waals surface area contributed by atoms with Crippen LogP contribution in [-0.4, -0.2) is 67.9 Å². The summed E-state index contributed by atoms with van der Waals surface area (Å²) in [6, 6.07) is 0. The Morgan fingerprint density at radius 1 is 1.28 bits per heavy atom. The Balaban J connectivity index is 2.46. The van der Waals surface area contributed by atoms with E-state index in [1.165, 1.54) is 0 Å². The lowest BCUT2D eigenvalue weighted by atomic mass is 10.1. The van der Waals surface area contributed by atoms with Crippen molar-refractivity contribution >= 4 is 11.8 Å². The summed E-state index contributed by atoms with van der Waals surface area (Å²) in [5.74, 6) is -0.124. The fourth-order valence-electron chi connectivity index (χ4n) is 2.27. The van der Waals surface area contributed by atoms with Crippen molar-refractivity contribution in [3.05, 3.63) is 0 Å². The van der Waals surface area contributed by atoms with Crippen LogP contribution in [0.5, 0.6) is 0 Å². The van der Waals surface area contributed by atoms with Gasteiger partial charge in [-0.3, -0.25) is 14.5 Å². The smallest absolute Gasteiger partial charge is 0.231 e. The summed E-state index contributed by atoms with van der Waals surface area (Å²) in [7, 11) is 1.85. The molecule has 1 aliphatic heterocycles. The Morgan fingerprint density at radius 2 is 2.00 bits per heavy atom. The van der Waals surface area contributed by atoms with Crippen molar-refractivity contribution in [3.63, 3.8) is 0 Å². The van der Waals surface area contributed by atoms with Crippen molar-refractivity contribution in [2.24, 2.45) is 11.7 Å². The van der Waals surface area contributed by atoms with E-state index in [9.17, 15) is 9.59 Å². The van der Waals surface area contributed by atoms with E-state index in [1.807, 2.05) is 23.8 Å². The summed E-state index contributed by atoms with van der Waals surface area (Å²) < 4.78 is 0. The number of hydrogen-bond acceptors (Lipinski definition) is 4. The first kappa shape index (κ1) is 14.9. The standard InChI is InChI=1S/C12H24N4O2/c1-10(8-14-2)12(18)16-5-3-4-15(6-7-16)9-11(13)17/h10,14H,3-9H2,1-2H3,(H2,13,17). The molecule has 1 rings (SSSR count). The van der Waals surface area contributed by atoms with Crippen molar-refractivity contribution < 1.29 is 9.59 Å².